The van der Waals surface area contributed by atoms with Crippen LogP contribution >= 0.6 is 0 Å². The summed E-state index contributed by atoms with van der Waals surface area (Å²) < 4.78 is 23.2. The number of nitrogens with zero attached hydrogens (tertiary/aromatic N) is 5. The molecule has 162 valence electrons. The summed E-state index contributed by atoms with van der Waals surface area (Å²) in [5.74, 6) is -0.0772. The molecular formula is C17H22N6O7. The lowest BCUT2D eigenvalue weighted by Gasteiger charge is -2.22. The maximum absolute atomic E-state index is 11.4. The summed E-state index contributed by atoms with van der Waals surface area (Å²) >= 11 is 0. The van der Waals surface area contributed by atoms with Crippen molar-refractivity contribution in [1.29, 1.82) is 5.26 Å². The van der Waals surface area contributed by atoms with E-state index in [2.05, 4.69) is 20.3 Å². The molecule has 1 fully saturated rings. The van der Waals surface area contributed by atoms with Crippen LogP contribution in [-0.2, 0) is 23.7 Å². The first kappa shape index (κ1) is 22.0. The Morgan fingerprint density at radius 2 is 2.20 bits per heavy atom. The topological polar surface area (TPSA) is 174 Å². The third kappa shape index (κ3) is 4.87. The van der Waals surface area contributed by atoms with E-state index < -0.39 is 31.1 Å². The molecule has 0 aliphatic carbocycles. The first-order valence-corrected chi connectivity index (χ1v) is 9.10. The monoisotopic (exact) mass is 422 g/mol. The molecule has 1 saturated heterocycles. The van der Waals surface area contributed by atoms with Crippen LogP contribution in [0, 0.1) is 11.3 Å². The highest BCUT2D eigenvalue weighted by molar-refractivity contribution is 5.95. The van der Waals surface area contributed by atoms with Gasteiger partial charge in [0.15, 0.2) is 23.2 Å². The molecule has 30 heavy (non-hydrogen) atoms. The van der Waals surface area contributed by atoms with Crippen molar-refractivity contribution in [3.63, 3.8) is 0 Å². The minimum absolute atomic E-state index is 0.0826. The van der Waals surface area contributed by atoms with Gasteiger partial charge in [-0.3, -0.25) is 9.36 Å². The minimum atomic E-state index is -1.14. The minimum Gasteiger partial charge on any atom is -0.394 e. The van der Waals surface area contributed by atoms with E-state index >= 15 is 0 Å². The fraction of sp³-hybridized carbons (Fsp3) is 0.588. The highest BCUT2D eigenvalue weighted by Gasteiger charge is 2.46. The lowest BCUT2D eigenvalue weighted by atomic mass is 10.1. The summed E-state index contributed by atoms with van der Waals surface area (Å²) in [5.41, 5.74) is 0.679. The molecule has 3 rings (SSSR count). The van der Waals surface area contributed by atoms with Gasteiger partial charge in [0, 0.05) is 6.92 Å². The Morgan fingerprint density at radius 1 is 1.37 bits per heavy atom. The van der Waals surface area contributed by atoms with Gasteiger partial charge in [0.1, 0.15) is 38.2 Å². The van der Waals surface area contributed by atoms with E-state index in [1.807, 2.05) is 6.07 Å². The molecule has 3 heterocycles. The van der Waals surface area contributed by atoms with Gasteiger partial charge in [-0.05, 0) is 0 Å². The molecule has 0 spiro atoms. The summed E-state index contributed by atoms with van der Waals surface area (Å²) in [6, 6.07) is 1.94. The maximum Gasteiger partial charge on any atom is 0.222 e. The first-order chi connectivity index (χ1) is 14.6. The molecule has 1 aliphatic heterocycles. The van der Waals surface area contributed by atoms with E-state index in [1.165, 1.54) is 24.1 Å². The number of fused-ring (bicyclic) bond motifs is 1. The normalized spacial score (nSPS) is 23.5. The predicted octanol–water partition coefficient (Wildman–Crippen LogP) is -0.718. The molecule has 1 unspecified atom stereocenters. The summed E-state index contributed by atoms with van der Waals surface area (Å²) in [5, 5.41) is 31.0. The Bertz CT molecular complexity index is 900. The third-order valence-electron chi connectivity index (χ3n) is 4.29. The fourth-order valence-corrected chi connectivity index (χ4v) is 2.97. The number of nitrogens with one attached hydrogen (secondary N) is 1. The zero-order chi connectivity index (χ0) is 21.5. The third-order valence-corrected chi connectivity index (χ3v) is 4.29. The van der Waals surface area contributed by atoms with Crippen molar-refractivity contribution in [2.24, 2.45) is 0 Å². The van der Waals surface area contributed by atoms with Gasteiger partial charge in [-0.15, -0.1) is 0 Å². The standard InChI is InChI=1S/C17H22N6O7/c1-10(25)22-15-12-16(20-6-19-15)23(7-21-12)17-14(13(26)11(5-24)30-17)29-9-28-8-27-4-2-3-18/h6-7,11,13-14,17,24,26H,2,4-5,8-9H2,1H3,(H,19,20,22,25)/t11-,13+,14?,17-/m1/s1. The van der Waals surface area contributed by atoms with Gasteiger partial charge in [-0.2, -0.15) is 5.26 Å². The molecule has 4 atom stereocenters. The van der Waals surface area contributed by atoms with Crippen LogP contribution in [0.2, 0.25) is 0 Å². The highest BCUT2D eigenvalue weighted by atomic mass is 16.7. The number of aliphatic hydroxyl groups excluding tert-OH is 2. The largest absolute Gasteiger partial charge is 0.394 e. The second-order valence-electron chi connectivity index (χ2n) is 6.35. The van der Waals surface area contributed by atoms with Gasteiger partial charge >= 0.3 is 0 Å². The van der Waals surface area contributed by atoms with Gasteiger partial charge in [0.05, 0.1) is 32.0 Å². The molecule has 2 aromatic rings. The summed E-state index contributed by atoms with van der Waals surface area (Å²) in [6.07, 6.45) is -0.876. The van der Waals surface area contributed by atoms with Gasteiger partial charge in [0.25, 0.3) is 0 Å². The highest BCUT2D eigenvalue weighted by Crippen LogP contribution is 2.34. The Labute approximate surface area is 171 Å². The van der Waals surface area contributed by atoms with Gasteiger partial charge in [-0.1, -0.05) is 0 Å². The number of aliphatic hydroxyl groups is 2. The zero-order valence-corrected chi connectivity index (χ0v) is 16.2. The number of carbonyl (C=O) groups excluding carboxylic acids is 1. The van der Waals surface area contributed by atoms with Crippen LogP contribution in [0.25, 0.3) is 11.2 Å². The number of carbonyl (C=O) groups is 1. The van der Waals surface area contributed by atoms with Gasteiger partial charge in [0.2, 0.25) is 5.91 Å². The van der Waals surface area contributed by atoms with Crippen LogP contribution in [0.5, 0.6) is 0 Å². The van der Waals surface area contributed by atoms with E-state index in [9.17, 15) is 15.0 Å². The molecule has 0 aromatic carbocycles. The number of imidazole rings is 1. The summed E-state index contributed by atoms with van der Waals surface area (Å²) in [7, 11) is 0. The average molecular weight is 422 g/mol. The van der Waals surface area contributed by atoms with Crippen LogP contribution in [0.1, 0.15) is 19.6 Å². The molecular weight excluding hydrogens is 400 g/mol. The van der Waals surface area contributed by atoms with Crippen LogP contribution < -0.4 is 5.32 Å². The fourth-order valence-electron chi connectivity index (χ4n) is 2.97. The van der Waals surface area contributed by atoms with E-state index in [0.717, 1.165) is 0 Å². The van der Waals surface area contributed by atoms with Crippen molar-refractivity contribution >= 4 is 22.9 Å². The second kappa shape index (κ2) is 10.3. The van der Waals surface area contributed by atoms with E-state index in [4.69, 9.17) is 24.2 Å². The van der Waals surface area contributed by atoms with Gasteiger partial charge in [-0.25, -0.2) is 15.0 Å². The molecule has 13 heteroatoms. The van der Waals surface area contributed by atoms with Crippen molar-refractivity contribution in [1.82, 2.24) is 19.5 Å². The molecule has 2 aromatic heterocycles. The molecule has 13 nitrogen and oxygen atoms in total. The molecule has 0 radical (unpaired) electrons. The number of hydrogen-bond donors (Lipinski definition) is 3. The van der Waals surface area contributed by atoms with Crippen LogP contribution in [0.4, 0.5) is 5.82 Å². The SMILES string of the molecule is CC(=O)Nc1ncnc2c1ncn2[C@@H]1O[C@H](CO)[C@H](O)C1OCOCOCCC#N. The molecule has 0 saturated carbocycles. The van der Waals surface area contributed by atoms with Crippen LogP contribution in [0.15, 0.2) is 12.7 Å². The molecule has 1 amide bonds. The number of anilines is 1. The van der Waals surface area contributed by atoms with E-state index in [-0.39, 0.29) is 38.3 Å². The zero-order valence-electron chi connectivity index (χ0n) is 16.2. The van der Waals surface area contributed by atoms with Crippen LogP contribution in [0.3, 0.4) is 0 Å². The molecule has 0 bridgehead atoms. The smallest absolute Gasteiger partial charge is 0.222 e. The number of nitriles is 1. The van der Waals surface area contributed by atoms with Crippen molar-refractivity contribution in [2.45, 2.75) is 37.9 Å². The van der Waals surface area contributed by atoms with Crippen molar-refractivity contribution in [3.8, 4) is 6.07 Å². The maximum atomic E-state index is 11.4. The summed E-state index contributed by atoms with van der Waals surface area (Å²) in [6.45, 7) is 0.861. The number of aromatic nitrogens is 4. The predicted molar refractivity (Wildman–Crippen MR) is 98.5 cm³/mol. The average Bonchev–Trinajstić information content (AvgIpc) is 3.28. The van der Waals surface area contributed by atoms with Crippen LogP contribution in [-0.4, -0.2) is 80.8 Å². The summed E-state index contributed by atoms with van der Waals surface area (Å²) in [4.78, 5) is 23.8. The Kier molecular flexibility index (Phi) is 7.57. The van der Waals surface area contributed by atoms with E-state index in [1.54, 1.807) is 0 Å². The Hall–Kier alpha value is -2.73. The Morgan fingerprint density at radius 3 is 2.93 bits per heavy atom. The molecule has 3 N–H and O–H groups in total. The van der Waals surface area contributed by atoms with Crippen molar-refractivity contribution in [3.05, 3.63) is 12.7 Å². The van der Waals surface area contributed by atoms with Crippen molar-refractivity contribution in [2.75, 3.05) is 32.1 Å². The second-order valence-corrected chi connectivity index (χ2v) is 6.35. The number of amides is 1. The number of rotatable bonds is 10. The van der Waals surface area contributed by atoms with Gasteiger partial charge < -0.3 is 34.5 Å². The lowest BCUT2D eigenvalue weighted by molar-refractivity contribution is -0.174. The quantitative estimate of drug-likeness (QED) is 0.326. The molecule has 1 aliphatic rings. The number of ether oxygens (including phenoxy) is 4. The first-order valence-electron chi connectivity index (χ1n) is 9.10. The number of hydrogen-bond acceptors (Lipinski definition) is 11. The van der Waals surface area contributed by atoms with E-state index in [0.29, 0.717) is 11.2 Å². The Balaban J connectivity index is 1.74. The van der Waals surface area contributed by atoms with Crippen molar-refractivity contribution < 1.29 is 34.0 Å². The lowest BCUT2D eigenvalue weighted by Crippen LogP contribution is -2.36.